The van der Waals surface area contributed by atoms with E-state index in [9.17, 15) is 9.59 Å². The Morgan fingerprint density at radius 1 is 1.26 bits per heavy atom. The van der Waals surface area contributed by atoms with Gasteiger partial charge in [0.2, 0.25) is 11.7 Å². The van der Waals surface area contributed by atoms with E-state index >= 15 is 0 Å². The summed E-state index contributed by atoms with van der Waals surface area (Å²) in [7, 11) is 0. The molecular formula is C16H14N2O5. The maximum absolute atomic E-state index is 12.1. The van der Waals surface area contributed by atoms with Crippen LogP contribution in [-0.2, 0) is 11.2 Å². The molecule has 0 fully saturated rings. The van der Waals surface area contributed by atoms with Gasteiger partial charge in [-0.25, -0.2) is 4.79 Å². The first kappa shape index (κ1) is 14.8. The number of carboxylic acids is 1. The lowest BCUT2D eigenvalue weighted by atomic mass is 10.1. The van der Waals surface area contributed by atoms with Crippen LogP contribution in [0.2, 0.25) is 0 Å². The van der Waals surface area contributed by atoms with E-state index in [-0.39, 0.29) is 18.1 Å². The highest BCUT2D eigenvalue weighted by molar-refractivity contribution is 5.96. The van der Waals surface area contributed by atoms with E-state index in [0.717, 1.165) is 5.56 Å². The molecule has 2 heterocycles. The minimum Gasteiger partial charge on any atom is -0.475 e. The van der Waals surface area contributed by atoms with Crippen LogP contribution in [-0.4, -0.2) is 22.1 Å². The number of aromatic carboxylic acids is 1. The van der Waals surface area contributed by atoms with Gasteiger partial charge in [-0.2, -0.15) is 0 Å². The molecule has 0 atom stereocenters. The van der Waals surface area contributed by atoms with Crippen LogP contribution in [0.3, 0.4) is 0 Å². The van der Waals surface area contributed by atoms with Crippen LogP contribution < -0.4 is 5.32 Å². The molecule has 0 saturated heterocycles. The van der Waals surface area contributed by atoms with Gasteiger partial charge >= 0.3 is 5.97 Å². The Morgan fingerprint density at radius 3 is 2.70 bits per heavy atom. The van der Waals surface area contributed by atoms with Gasteiger partial charge in [-0.3, -0.25) is 4.79 Å². The van der Waals surface area contributed by atoms with Crippen LogP contribution in [0.5, 0.6) is 0 Å². The van der Waals surface area contributed by atoms with Crippen molar-refractivity contribution in [3.05, 3.63) is 47.0 Å². The van der Waals surface area contributed by atoms with Crippen LogP contribution >= 0.6 is 0 Å². The van der Waals surface area contributed by atoms with Crippen LogP contribution in [0.4, 0.5) is 5.69 Å². The van der Waals surface area contributed by atoms with Crippen LogP contribution in [0.25, 0.3) is 11.0 Å². The number of carbonyl (C=O) groups excluding carboxylic acids is 1. The fourth-order valence-electron chi connectivity index (χ4n) is 2.35. The second-order valence-corrected chi connectivity index (χ2v) is 5.20. The molecule has 0 bridgehead atoms. The summed E-state index contributed by atoms with van der Waals surface area (Å²) in [5.41, 5.74) is 2.47. The number of aryl methyl sites for hydroxylation is 2. The number of aromatic nitrogens is 1. The fraction of sp³-hybridized carbons (Fsp3) is 0.188. The molecule has 0 aliphatic heterocycles. The third kappa shape index (κ3) is 2.94. The summed E-state index contributed by atoms with van der Waals surface area (Å²) in [6, 6.07) is 6.36. The zero-order chi connectivity index (χ0) is 16.6. The predicted octanol–water partition coefficient (Wildman–Crippen LogP) is 2.92. The Kier molecular flexibility index (Phi) is 3.61. The number of benzene rings is 1. The van der Waals surface area contributed by atoms with Crippen molar-refractivity contribution in [2.24, 2.45) is 0 Å². The van der Waals surface area contributed by atoms with Gasteiger partial charge in [0.15, 0.2) is 0 Å². The van der Waals surface area contributed by atoms with E-state index in [1.165, 1.54) is 6.07 Å². The Balaban J connectivity index is 1.78. The van der Waals surface area contributed by atoms with Crippen molar-refractivity contribution in [1.82, 2.24) is 5.16 Å². The Hall–Kier alpha value is -3.09. The summed E-state index contributed by atoms with van der Waals surface area (Å²) in [4.78, 5) is 23.0. The third-order valence-electron chi connectivity index (χ3n) is 3.53. The van der Waals surface area contributed by atoms with E-state index in [4.69, 9.17) is 14.0 Å². The lowest BCUT2D eigenvalue weighted by Gasteiger charge is -2.05. The second kappa shape index (κ2) is 5.60. The molecule has 0 radical (unpaired) electrons. The predicted molar refractivity (Wildman–Crippen MR) is 81.5 cm³/mol. The molecule has 7 heteroatoms. The second-order valence-electron chi connectivity index (χ2n) is 5.20. The summed E-state index contributed by atoms with van der Waals surface area (Å²) in [5, 5.41) is 16.1. The zero-order valence-electron chi connectivity index (χ0n) is 12.5. The van der Waals surface area contributed by atoms with Crippen molar-refractivity contribution in [3.63, 3.8) is 0 Å². The molecule has 3 aromatic rings. The molecule has 23 heavy (non-hydrogen) atoms. The van der Waals surface area contributed by atoms with Crippen molar-refractivity contribution >= 4 is 28.5 Å². The van der Waals surface area contributed by atoms with Gasteiger partial charge < -0.3 is 19.4 Å². The number of anilines is 1. The Labute approximate surface area is 130 Å². The first-order chi connectivity index (χ1) is 10.9. The van der Waals surface area contributed by atoms with Gasteiger partial charge in [0, 0.05) is 16.6 Å². The number of rotatable bonds is 4. The molecule has 0 unspecified atom stereocenters. The smallest absolute Gasteiger partial charge is 0.371 e. The Morgan fingerprint density at radius 2 is 2.04 bits per heavy atom. The zero-order valence-corrected chi connectivity index (χ0v) is 12.5. The molecule has 2 aromatic heterocycles. The molecule has 118 valence electrons. The number of hydrogen-bond donors (Lipinski definition) is 2. The normalized spacial score (nSPS) is 10.9. The van der Waals surface area contributed by atoms with E-state index in [0.29, 0.717) is 28.1 Å². The highest BCUT2D eigenvalue weighted by Crippen LogP contribution is 2.23. The monoisotopic (exact) mass is 314 g/mol. The number of hydrogen-bond acceptors (Lipinski definition) is 5. The number of nitrogens with one attached hydrogen (secondary N) is 1. The molecule has 1 amide bonds. The number of amides is 1. The largest absolute Gasteiger partial charge is 0.475 e. The van der Waals surface area contributed by atoms with Crippen LogP contribution in [0.15, 0.2) is 33.2 Å². The maximum Gasteiger partial charge on any atom is 0.371 e. The molecule has 0 aliphatic rings. The average molecular weight is 314 g/mol. The number of fused-ring (bicyclic) bond motifs is 1. The maximum atomic E-state index is 12.1. The molecule has 1 aromatic carbocycles. The number of carboxylic acid groups (broad SMARTS) is 1. The van der Waals surface area contributed by atoms with Crippen molar-refractivity contribution in [2.75, 3.05) is 5.32 Å². The number of nitrogens with zero attached hydrogens (tertiary/aromatic N) is 1. The summed E-state index contributed by atoms with van der Waals surface area (Å²) in [6.07, 6.45) is 0.158. The van der Waals surface area contributed by atoms with Crippen molar-refractivity contribution in [2.45, 2.75) is 20.3 Å². The average Bonchev–Trinajstić information content (AvgIpc) is 3.05. The highest BCUT2D eigenvalue weighted by atomic mass is 16.5. The lowest BCUT2D eigenvalue weighted by molar-refractivity contribution is -0.115. The molecule has 3 rings (SSSR count). The quantitative estimate of drug-likeness (QED) is 0.767. The van der Waals surface area contributed by atoms with E-state index in [1.54, 1.807) is 32.0 Å². The van der Waals surface area contributed by atoms with Gasteiger partial charge in [0.05, 0.1) is 12.1 Å². The lowest BCUT2D eigenvalue weighted by Crippen LogP contribution is -2.15. The molecule has 0 spiro atoms. The van der Waals surface area contributed by atoms with Crippen molar-refractivity contribution < 1.29 is 23.6 Å². The summed E-state index contributed by atoms with van der Waals surface area (Å²) >= 11 is 0. The first-order valence-corrected chi connectivity index (χ1v) is 6.92. The molecule has 0 saturated carbocycles. The molecule has 0 aliphatic carbocycles. The summed E-state index contributed by atoms with van der Waals surface area (Å²) in [6.45, 7) is 3.54. The van der Waals surface area contributed by atoms with Crippen molar-refractivity contribution in [3.8, 4) is 0 Å². The van der Waals surface area contributed by atoms with Crippen molar-refractivity contribution in [1.29, 1.82) is 0 Å². The van der Waals surface area contributed by atoms with Gasteiger partial charge in [-0.05, 0) is 38.1 Å². The van der Waals surface area contributed by atoms with E-state index in [2.05, 4.69) is 10.5 Å². The van der Waals surface area contributed by atoms with E-state index in [1.807, 2.05) is 0 Å². The SMILES string of the molecule is Cc1noc(C)c1CC(=O)Nc1ccc2oc(C(=O)O)cc2c1. The van der Waals surface area contributed by atoms with Gasteiger partial charge in [-0.1, -0.05) is 5.16 Å². The third-order valence-corrected chi connectivity index (χ3v) is 3.53. The first-order valence-electron chi connectivity index (χ1n) is 6.92. The van der Waals surface area contributed by atoms with Gasteiger partial charge in [-0.15, -0.1) is 0 Å². The Bertz CT molecular complexity index is 887. The van der Waals surface area contributed by atoms with Gasteiger partial charge in [0.1, 0.15) is 11.3 Å². The summed E-state index contributed by atoms with van der Waals surface area (Å²) < 4.78 is 10.2. The molecule has 2 N–H and O–H groups in total. The molecular weight excluding hydrogens is 300 g/mol. The highest BCUT2D eigenvalue weighted by Gasteiger charge is 2.15. The standard InChI is InChI=1S/C16H14N2O5/c1-8-12(9(2)23-18-8)7-15(19)17-11-3-4-13-10(5-11)6-14(22-13)16(20)21/h3-6H,7H2,1-2H3,(H,17,19)(H,20,21). The van der Waals surface area contributed by atoms with Crippen LogP contribution in [0, 0.1) is 13.8 Å². The van der Waals surface area contributed by atoms with Crippen LogP contribution in [0.1, 0.15) is 27.6 Å². The van der Waals surface area contributed by atoms with Gasteiger partial charge in [0.25, 0.3) is 0 Å². The minimum absolute atomic E-state index is 0.140. The number of carbonyl (C=O) groups is 2. The molecule has 7 nitrogen and oxygen atoms in total. The summed E-state index contributed by atoms with van der Waals surface area (Å²) in [5.74, 6) is -0.862. The number of furan rings is 1. The topological polar surface area (TPSA) is 106 Å². The van der Waals surface area contributed by atoms with E-state index < -0.39 is 5.97 Å². The fourth-order valence-corrected chi connectivity index (χ4v) is 2.35. The minimum atomic E-state index is -1.13.